The number of H-pyrrole nitrogens is 1. The number of nitrogens with one attached hydrogen (secondary N) is 2. The molecule has 0 spiro atoms. The highest BCUT2D eigenvalue weighted by Crippen LogP contribution is 2.16. The second-order valence-corrected chi connectivity index (χ2v) is 5.78. The van der Waals surface area contributed by atoms with Gasteiger partial charge in [0.05, 0.1) is 35.7 Å². The number of hydrogen-bond acceptors (Lipinski definition) is 5. The zero-order valence-corrected chi connectivity index (χ0v) is 14.5. The molecular formula is C19H17N3O5. The predicted molar refractivity (Wildman–Crippen MR) is 99.9 cm³/mol. The van der Waals surface area contributed by atoms with Gasteiger partial charge in [0, 0.05) is 6.42 Å². The van der Waals surface area contributed by atoms with Crippen LogP contribution in [-0.4, -0.2) is 28.8 Å². The molecule has 3 rings (SSSR count). The van der Waals surface area contributed by atoms with Crippen molar-refractivity contribution < 1.29 is 14.3 Å². The van der Waals surface area contributed by atoms with E-state index >= 15 is 0 Å². The average Bonchev–Trinajstić information content (AvgIpc) is 2.69. The van der Waals surface area contributed by atoms with E-state index in [0.29, 0.717) is 11.1 Å². The normalized spacial score (nSPS) is 10.6. The summed E-state index contributed by atoms with van der Waals surface area (Å²) in [5, 5.41) is 5.68. The molecular weight excluding hydrogens is 350 g/mol. The maximum absolute atomic E-state index is 12.4. The Morgan fingerprint density at radius 1 is 1.04 bits per heavy atom. The number of para-hydroxylation sites is 1. The van der Waals surface area contributed by atoms with E-state index in [4.69, 9.17) is 0 Å². The summed E-state index contributed by atoms with van der Waals surface area (Å²) in [7, 11) is 1.25. The Morgan fingerprint density at radius 2 is 1.70 bits per heavy atom. The van der Waals surface area contributed by atoms with Gasteiger partial charge in [-0.25, -0.2) is 9.48 Å². The van der Waals surface area contributed by atoms with Crippen molar-refractivity contribution in [3.63, 3.8) is 0 Å². The number of aromatic amines is 1. The highest BCUT2D eigenvalue weighted by Gasteiger charge is 2.14. The third kappa shape index (κ3) is 3.79. The molecule has 2 N–H and O–H groups in total. The van der Waals surface area contributed by atoms with Crippen LogP contribution in [0.3, 0.4) is 0 Å². The SMILES string of the molecule is COC(=O)c1ccccc1NC(=O)CCn1[nH]c(=O)c2ccccc2c1=O. The van der Waals surface area contributed by atoms with Gasteiger partial charge in [0.25, 0.3) is 11.1 Å². The molecule has 2 aromatic carbocycles. The van der Waals surface area contributed by atoms with Crippen LogP contribution < -0.4 is 16.4 Å². The molecule has 0 aliphatic carbocycles. The second-order valence-electron chi connectivity index (χ2n) is 5.78. The standard InChI is InChI=1S/C19H17N3O5/c1-27-19(26)14-8-4-5-9-15(14)20-16(23)10-11-22-18(25)13-7-3-2-6-12(13)17(24)21-22/h2-9H,10-11H2,1H3,(H,20,23)(H,21,24). The summed E-state index contributed by atoms with van der Waals surface area (Å²) in [5.41, 5.74) is -0.243. The minimum Gasteiger partial charge on any atom is -0.465 e. The zero-order valence-electron chi connectivity index (χ0n) is 14.5. The number of carbonyl (C=O) groups is 2. The van der Waals surface area contributed by atoms with Crippen LogP contribution in [0.25, 0.3) is 10.8 Å². The number of ether oxygens (including phenoxy) is 1. The van der Waals surface area contributed by atoms with Crippen LogP contribution in [0.15, 0.2) is 58.1 Å². The number of aryl methyl sites for hydroxylation is 1. The Morgan fingerprint density at radius 3 is 2.44 bits per heavy atom. The lowest BCUT2D eigenvalue weighted by atomic mass is 10.1. The molecule has 8 nitrogen and oxygen atoms in total. The molecule has 0 aliphatic heterocycles. The molecule has 0 radical (unpaired) electrons. The molecule has 8 heteroatoms. The Balaban J connectivity index is 1.77. The zero-order chi connectivity index (χ0) is 19.4. The number of hydrogen-bond donors (Lipinski definition) is 2. The molecule has 27 heavy (non-hydrogen) atoms. The predicted octanol–water partition coefficient (Wildman–Crippen LogP) is 1.51. The number of benzene rings is 2. The number of nitrogens with zero attached hydrogens (tertiary/aromatic N) is 1. The lowest BCUT2D eigenvalue weighted by Gasteiger charge is -2.10. The fraction of sp³-hybridized carbons (Fsp3) is 0.158. The molecule has 0 atom stereocenters. The first-order chi connectivity index (χ1) is 13.0. The first-order valence-electron chi connectivity index (χ1n) is 8.20. The molecule has 0 unspecified atom stereocenters. The minimum absolute atomic E-state index is 0.00880. The van der Waals surface area contributed by atoms with Crippen LogP contribution in [-0.2, 0) is 16.1 Å². The molecule has 3 aromatic rings. The van der Waals surface area contributed by atoms with Gasteiger partial charge < -0.3 is 10.1 Å². The highest BCUT2D eigenvalue weighted by atomic mass is 16.5. The Labute approximate surface area is 153 Å². The summed E-state index contributed by atoms with van der Waals surface area (Å²) in [6, 6.07) is 12.9. The summed E-state index contributed by atoms with van der Waals surface area (Å²) in [6.45, 7) is -0.00880. The average molecular weight is 367 g/mol. The Hall–Kier alpha value is -3.68. The van der Waals surface area contributed by atoms with Gasteiger partial charge >= 0.3 is 5.97 Å². The van der Waals surface area contributed by atoms with Gasteiger partial charge in [-0.1, -0.05) is 24.3 Å². The lowest BCUT2D eigenvalue weighted by molar-refractivity contribution is -0.116. The number of methoxy groups -OCH3 is 1. The van der Waals surface area contributed by atoms with Gasteiger partial charge in [-0.15, -0.1) is 0 Å². The molecule has 0 bridgehead atoms. The Bertz CT molecular complexity index is 1130. The number of aromatic nitrogens is 2. The van der Waals surface area contributed by atoms with Crippen molar-refractivity contribution >= 4 is 28.3 Å². The molecule has 1 aromatic heterocycles. The molecule has 0 aliphatic rings. The van der Waals surface area contributed by atoms with Crippen LogP contribution >= 0.6 is 0 Å². The number of esters is 1. The van der Waals surface area contributed by atoms with Crippen molar-refractivity contribution in [2.75, 3.05) is 12.4 Å². The number of fused-ring (bicyclic) bond motifs is 1. The van der Waals surface area contributed by atoms with Crippen molar-refractivity contribution in [2.45, 2.75) is 13.0 Å². The van der Waals surface area contributed by atoms with Crippen LogP contribution in [0.4, 0.5) is 5.69 Å². The Kier molecular flexibility index (Phi) is 5.16. The van der Waals surface area contributed by atoms with Crippen LogP contribution in [0.2, 0.25) is 0 Å². The number of rotatable bonds is 5. The lowest BCUT2D eigenvalue weighted by Crippen LogP contribution is -2.31. The quantitative estimate of drug-likeness (QED) is 0.664. The van der Waals surface area contributed by atoms with Gasteiger partial charge in [-0.3, -0.25) is 19.5 Å². The van der Waals surface area contributed by atoms with E-state index in [9.17, 15) is 19.2 Å². The largest absolute Gasteiger partial charge is 0.465 e. The van der Waals surface area contributed by atoms with Crippen LogP contribution in [0.5, 0.6) is 0 Å². The van der Waals surface area contributed by atoms with E-state index < -0.39 is 17.4 Å². The minimum atomic E-state index is -0.569. The van der Waals surface area contributed by atoms with Crippen molar-refractivity contribution in [1.82, 2.24) is 9.78 Å². The fourth-order valence-electron chi connectivity index (χ4n) is 2.71. The molecule has 0 fully saturated rings. The third-order valence-corrected chi connectivity index (χ3v) is 4.05. The number of anilines is 1. The summed E-state index contributed by atoms with van der Waals surface area (Å²) in [6.07, 6.45) is -0.0658. The van der Waals surface area contributed by atoms with Crippen molar-refractivity contribution in [1.29, 1.82) is 0 Å². The van der Waals surface area contributed by atoms with E-state index in [1.54, 1.807) is 42.5 Å². The monoisotopic (exact) mass is 367 g/mol. The summed E-state index contributed by atoms with van der Waals surface area (Å²) < 4.78 is 5.79. The molecule has 1 heterocycles. The smallest absolute Gasteiger partial charge is 0.339 e. The first-order valence-corrected chi connectivity index (χ1v) is 8.20. The van der Waals surface area contributed by atoms with Crippen LogP contribution in [0, 0.1) is 0 Å². The molecule has 1 amide bonds. The van der Waals surface area contributed by atoms with Crippen molar-refractivity contribution in [2.24, 2.45) is 0 Å². The van der Waals surface area contributed by atoms with Gasteiger partial charge in [0.15, 0.2) is 0 Å². The van der Waals surface area contributed by atoms with Crippen molar-refractivity contribution in [3.8, 4) is 0 Å². The van der Waals surface area contributed by atoms with E-state index in [1.807, 2.05) is 0 Å². The highest BCUT2D eigenvalue weighted by molar-refractivity contribution is 6.01. The third-order valence-electron chi connectivity index (χ3n) is 4.05. The summed E-state index contributed by atoms with van der Waals surface area (Å²) >= 11 is 0. The maximum Gasteiger partial charge on any atom is 0.339 e. The number of carbonyl (C=O) groups excluding carboxylic acids is 2. The molecule has 138 valence electrons. The topological polar surface area (TPSA) is 110 Å². The number of amides is 1. The second kappa shape index (κ2) is 7.69. The van der Waals surface area contributed by atoms with E-state index in [1.165, 1.54) is 13.2 Å². The fourth-order valence-corrected chi connectivity index (χ4v) is 2.71. The van der Waals surface area contributed by atoms with E-state index in [2.05, 4.69) is 15.2 Å². The van der Waals surface area contributed by atoms with E-state index in [0.717, 1.165) is 4.68 Å². The molecule has 0 saturated carbocycles. The van der Waals surface area contributed by atoms with Crippen LogP contribution in [0.1, 0.15) is 16.8 Å². The van der Waals surface area contributed by atoms with Gasteiger partial charge in [-0.05, 0) is 24.3 Å². The maximum atomic E-state index is 12.4. The summed E-state index contributed by atoms with van der Waals surface area (Å²) in [5.74, 6) is -0.978. The van der Waals surface area contributed by atoms with E-state index in [-0.39, 0.29) is 29.5 Å². The van der Waals surface area contributed by atoms with Crippen molar-refractivity contribution in [3.05, 3.63) is 74.8 Å². The molecule has 0 saturated heterocycles. The van der Waals surface area contributed by atoms with Gasteiger partial charge in [-0.2, -0.15) is 0 Å². The van der Waals surface area contributed by atoms with Gasteiger partial charge in [0.2, 0.25) is 5.91 Å². The summed E-state index contributed by atoms with van der Waals surface area (Å²) in [4.78, 5) is 48.5. The first kappa shape index (κ1) is 18.1. The van der Waals surface area contributed by atoms with Gasteiger partial charge in [0.1, 0.15) is 0 Å².